The maximum atomic E-state index is 13.7. The summed E-state index contributed by atoms with van der Waals surface area (Å²) < 4.78 is 164. The highest BCUT2D eigenvalue weighted by atomic mass is 19.4. The average Bonchev–Trinajstić information content (AvgIpc) is 3.17. The lowest BCUT2D eigenvalue weighted by Crippen LogP contribution is -2.12. The number of alkyl halides is 12. The molecule has 0 fully saturated rings. The number of halogens is 12. The molecule has 40 heavy (non-hydrogen) atoms. The van der Waals surface area contributed by atoms with Gasteiger partial charge in [-0.15, -0.1) is 0 Å². The van der Waals surface area contributed by atoms with Crippen molar-refractivity contribution in [3.8, 4) is 0 Å². The Morgan fingerprint density at radius 2 is 0.675 bits per heavy atom. The highest BCUT2D eigenvalue weighted by molar-refractivity contribution is 6.20. The minimum atomic E-state index is -5.24. The fourth-order valence-corrected chi connectivity index (χ4v) is 4.83. The van der Waals surface area contributed by atoms with E-state index < -0.39 is 58.1 Å². The second-order valence-electron chi connectivity index (χ2n) is 9.05. The molecule has 1 aliphatic rings. The number of rotatable bonds is 2. The van der Waals surface area contributed by atoms with Crippen molar-refractivity contribution in [3.63, 3.8) is 0 Å². The van der Waals surface area contributed by atoms with E-state index in [1.165, 1.54) is 24.3 Å². The van der Waals surface area contributed by atoms with Gasteiger partial charge in [-0.3, -0.25) is 0 Å². The van der Waals surface area contributed by atoms with Gasteiger partial charge in [0.1, 0.15) is 0 Å². The van der Waals surface area contributed by atoms with Gasteiger partial charge in [0.15, 0.2) is 0 Å². The first-order valence-electron chi connectivity index (χ1n) is 11.2. The summed E-state index contributed by atoms with van der Waals surface area (Å²) in [6.45, 7) is 0. The summed E-state index contributed by atoms with van der Waals surface area (Å²) in [5.41, 5.74) is -8.72. The predicted octanol–water partition coefficient (Wildman–Crippen LogP) is 10.2. The Bertz CT molecular complexity index is 1490. The van der Waals surface area contributed by atoms with Crippen LogP contribution in [0.1, 0.15) is 44.5 Å². The van der Waals surface area contributed by atoms with Crippen molar-refractivity contribution in [2.45, 2.75) is 24.7 Å². The standard InChI is InChI=1S/C28H12F12/c29-25(30,31)16-7-14(8-17(11-16)26(32,33)34)23-20-5-1-3-13-4-2-6-21(22(13)20)24(23)15-9-18(27(35,36)37)12-19(10-15)28(38,39)40/h1-12H. The fraction of sp³-hybridized carbons (Fsp3) is 0.143. The monoisotopic (exact) mass is 576 g/mol. The third kappa shape index (κ3) is 4.79. The quantitative estimate of drug-likeness (QED) is 0.184. The van der Waals surface area contributed by atoms with Crippen molar-refractivity contribution in [1.29, 1.82) is 0 Å². The molecule has 0 N–H and O–H groups in total. The molecule has 0 saturated carbocycles. The lowest BCUT2D eigenvalue weighted by atomic mass is 9.89. The van der Waals surface area contributed by atoms with Gasteiger partial charge in [0.05, 0.1) is 22.3 Å². The van der Waals surface area contributed by atoms with Crippen molar-refractivity contribution in [1.82, 2.24) is 0 Å². The Labute approximate surface area is 217 Å². The molecule has 1 aliphatic carbocycles. The molecule has 0 amide bonds. The van der Waals surface area contributed by atoms with Crippen LogP contribution in [0.25, 0.3) is 21.9 Å². The maximum Gasteiger partial charge on any atom is 0.416 e. The Kier molecular flexibility index (Phi) is 6.05. The lowest BCUT2D eigenvalue weighted by molar-refractivity contribution is -0.144. The van der Waals surface area contributed by atoms with E-state index in [1.54, 1.807) is 12.1 Å². The van der Waals surface area contributed by atoms with Gasteiger partial charge in [0, 0.05) is 0 Å². The van der Waals surface area contributed by atoms with Crippen molar-refractivity contribution < 1.29 is 52.7 Å². The van der Waals surface area contributed by atoms with Crippen LogP contribution in [0, 0.1) is 0 Å². The number of benzene rings is 4. The smallest absolute Gasteiger partial charge is 0.166 e. The molecule has 0 aromatic heterocycles. The van der Waals surface area contributed by atoms with Crippen LogP contribution in [0.2, 0.25) is 0 Å². The summed E-state index contributed by atoms with van der Waals surface area (Å²) in [6.07, 6.45) is -21.0. The van der Waals surface area contributed by atoms with Gasteiger partial charge in [-0.2, -0.15) is 52.7 Å². The van der Waals surface area contributed by atoms with Crippen LogP contribution < -0.4 is 0 Å². The predicted molar refractivity (Wildman–Crippen MR) is 122 cm³/mol. The molecule has 0 bridgehead atoms. The van der Waals surface area contributed by atoms with Gasteiger partial charge < -0.3 is 0 Å². The van der Waals surface area contributed by atoms with E-state index in [1.807, 2.05) is 0 Å². The lowest BCUT2D eigenvalue weighted by Gasteiger charge is -2.18. The zero-order valence-electron chi connectivity index (χ0n) is 19.5. The van der Waals surface area contributed by atoms with Gasteiger partial charge in [0.2, 0.25) is 0 Å². The molecule has 0 nitrogen and oxygen atoms in total. The van der Waals surface area contributed by atoms with Gasteiger partial charge >= 0.3 is 24.7 Å². The van der Waals surface area contributed by atoms with Crippen LogP contribution in [-0.2, 0) is 24.7 Å². The van der Waals surface area contributed by atoms with Crippen molar-refractivity contribution >= 4 is 21.9 Å². The normalized spacial score (nSPS) is 14.4. The molecular formula is C28H12F12. The van der Waals surface area contributed by atoms with E-state index >= 15 is 0 Å². The number of hydrogen-bond donors (Lipinski definition) is 0. The Morgan fingerprint density at radius 3 is 0.950 bits per heavy atom. The van der Waals surface area contributed by atoms with Crippen LogP contribution in [0.15, 0.2) is 72.8 Å². The Balaban J connectivity index is 1.94. The summed E-state index contributed by atoms with van der Waals surface area (Å²) in [7, 11) is 0. The zero-order chi connectivity index (χ0) is 29.4. The highest BCUT2D eigenvalue weighted by Gasteiger charge is 2.40. The summed E-state index contributed by atoms with van der Waals surface area (Å²) >= 11 is 0. The summed E-state index contributed by atoms with van der Waals surface area (Å²) in [4.78, 5) is 0. The van der Waals surface area contributed by atoms with E-state index in [0.29, 0.717) is 29.7 Å². The molecule has 12 heteroatoms. The molecule has 0 unspecified atom stereocenters. The first-order valence-corrected chi connectivity index (χ1v) is 11.2. The minimum absolute atomic E-state index is 0.0570. The van der Waals surface area contributed by atoms with Gasteiger partial charge in [-0.05, 0) is 80.6 Å². The maximum absolute atomic E-state index is 13.7. The molecule has 0 spiro atoms. The molecule has 0 aliphatic heterocycles. The third-order valence-electron chi connectivity index (χ3n) is 6.45. The topological polar surface area (TPSA) is 0 Å². The second kappa shape index (κ2) is 8.77. The average molecular weight is 576 g/mol. The number of hydrogen-bond acceptors (Lipinski definition) is 0. The largest absolute Gasteiger partial charge is 0.416 e. The molecule has 0 heterocycles. The summed E-state index contributed by atoms with van der Waals surface area (Å²) in [6, 6.07) is 9.97. The van der Waals surface area contributed by atoms with E-state index in [-0.39, 0.29) is 39.8 Å². The summed E-state index contributed by atoms with van der Waals surface area (Å²) in [5, 5.41) is 0.681. The van der Waals surface area contributed by atoms with E-state index in [9.17, 15) is 52.7 Å². The molecule has 4 aromatic rings. The zero-order valence-corrected chi connectivity index (χ0v) is 19.5. The third-order valence-corrected chi connectivity index (χ3v) is 6.45. The van der Waals surface area contributed by atoms with Crippen LogP contribution in [0.4, 0.5) is 52.7 Å². The molecule has 0 atom stereocenters. The highest BCUT2D eigenvalue weighted by Crippen LogP contribution is 2.50. The first kappa shape index (κ1) is 27.6. The second-order valence-corrected chi connectivity index (χ2v) is 9.05. The molecular weight excluding hydrogens is 564 g/mol. The van der Waals surface area contributed by atoms with Gasteiger partial charge in [0.25, 0.3) is 0 Å². The van der Waals surface area contributed by atoms with E-state index in [4.69, 9.17) is 0 Å². The van der Waals surface area contributed by atoms with E-state index in [0.717, 1.165) is 0 Å². The van der Waals surface area contributed by atoms with Crippen LogP contribution in [-0.4, -0.2) is 0 Å². The molecule has 5 rings (SSSR count). The fourth-order valence-electron chi connectivity index (χ4n) is 4.83. The Morgan fingerprint density at radius 1 is 0.375 bits per heavy atom. The SMILES string of the molecule is FC(F)(F)c1cc(C2=C(c3cc(C(F)(F)F)cc(C(F)(F)F)c3)c3cccc4cccc2c34)cc(C(F)(F)F)c1. The Hall–Kier alpha value is -3.96. The van der Waals surface area contributed by atoms with Gasteiger partial charge in [-0.1, -0.05) is 36.4 Å². The van der Waals surface area contributed by atoms with E-state index in [2.05, 4.69) is 0 Å². The van der Waals surface area contributed by atoms with Gasteiger partial charge in [-0.25, -0.2) is 0 Å². The molecule has 0 radical (unpaired) electrons. The van der Waals surface area contributed by atoms with Crippen molar-refractivity contribution in [2.24, 2.45) is 0 Å². The molecule has 0 saturated heterocycles. The van der Waals surface area contributed by atoms with Crippen molar-refractivity contribution in [2.75, 3.05) is 0 Å². The van der Waals surface area contributed by atoms with Crippen LogP contribution in [0.3, 0.4) is 0 Å². The van der Waals surface area contributed by atoms with Crippen LogP contribution in [0.5, 0.6) is 0 Å². The minimum Gasteiger partial charge on any atom is -0.166 e. The molecule has 4 aromatic carbocycles. The molecule has 208 valence electrons. The van der Waals surface area contributed by atoms with Crippen LogP contribution >= 0.6 is 0 Å². The first-order chi connectivity index (χ1) is 18.4. The van der Waals surface area contributed by atoms with Crippen molar-refractivity contribution in [3.05, 3.63) is 117 Å². The summed E-state index contributed by atoms with van der Waals surface area (Å²) in [5.74, 6) is 0.